The molecule has 0 bridgehead atoms. The molecule has 0 spiro atoms. The van der Waals surface area contributed by atoms with Gasteiger partial charge >= 0.3 is 6.18 Å². The van der Waals surface area contributed by atoms with Gasteiger partial charge in [0.25, 0.3) is 5.91 Å². The van der Waals surface area contributed by atoms with Crippen molar-refractivity contribution >= 4 is 11.5 Å². The molecular formula is C20H28F3NO3. The van der Waals surface area contributed by atoms with Gasteiger partial charge in [-0.1, -0.05) is 40.2 Å². The second kappa shape index (κ2) is 9.67. The molecule has 0 heterocycles. The molecule has 0 aliphatic rings. The third kappa shape index (κ3) is 6.48. The number of alkyl halides is 3. The van der Waals surface area contributed by atoms with Crippen molar-refractivity contribution < 1.29 is 27.4 Å². The Morgan fingerprint density at radius 2 is 1.67 bits per heavy atom. The van der Waals surface area contributed by atoms with E-state index in [1.807, 2.05) is 5.32 Å². The highest BCUT2D eigenvalue weighted by atomic mass is 19.4. The SMILES string of the molecule is CCC(C)/C=C(/c1cc(OC)c(C(=O)NCC(F)(F)F)c(OC)c1)C(C)C. The average molecular weight is 387 g/mol. The van der Waals surface area contributed by atoms with Gasteiger partial charge in [-0.15, -0.1) is 0 Å². The van der Waals surface area contributed by atoms with Crippen molar-refractivity contribution in [3.05, 3.63) is 29.3 Å². The lowest BCUT2D eigenvalue weighted by atomic mass is 9.90. The second-order valence-corrected chi connectivity index (χ2v) is 6.72. The van der Waals surface area contributed by atoms with E-state index in [4.69, 9.17) is 9.47 Å². The minimum atomic E-state index is -4.50. The van der Waals surface area contributed by atoms with Gasteiger partial charge in [-0.3, -0.25) is 4.79 Å². The van der Waals surface area contributed by atoms with Gasteiger partial charge in [0.2, 0.25) is 0 Å². The first-order valence-electron chi connectivity index (χ1n) is 8.87. The molecule has 1 amide bonds. The number of allylic oxidation sites excluding steroid dienone is 2. The van der Waals surface area contributed by atoms with Crippen LogP contribution in [0.5, 0.6) is 11.5 Å². The summed E-state index contributed by atoms with van der Waals surface area (Å²) in [4.78, 5) is 12.3. The number of hydrogen-bond acceptors (Lipinski definition) is 3. The molecule has 1 rings (SSSR count). The number of methoxy groups -OCH3 is 2. The van der Waals surface area contributed by atoms with E-state index < -0.39 is 18.6 Å². The molecule has 1 atom stereocenters. The second-order valence-electron chi connectivity index (χ2n) is 6.72. The normalized spacial score (nSPS) is 13.5. The largest absolute Gasteiger partial charge is 0.496 e. The smallest absolute Gasteiger partial charge is 0.405 e. The summed E-state index contributed by atoms with van der Waals surface area (Å²) in [6, 6.07) is 3.33. The average Bonchev–Trinajstić information content (AvgIpc) is 2.61. The summed E-state index contributed by atoms with van der Waals surface area (Å²) < 4.78 is 47.9. The number of rotatable bonds is 8. The van der Waals surface area contributed by atoms with Crippen molar-refractivity contribution in [3.8, 4) is 11.5 Å². The number of amides is 1. The zero-order valence-electron chi connectivity index (χ0n) is 16.7. The lowest BCUT2D eigenvalue weighted by molar-refractivity contribution is -0.123. The molecule has 1 aromatic carbocycles. The van der Waals surface area contributed by atoms with Crippen LogP contribution in [0.1, 0.15) is 50.0 Å². The summed E-state index contributed by atoms with van der Waals surface area (Å²) in [6.45, 7) is 6.88. The van der Waals surface area contributed by atoms with Crippen LogP contribution >= 0.6 is 0 Å². The van der Waals surface area contributed by atoms with Crippen LogP contribution in [-0.2, 0) is 0 Å². The van der Waals surface area contributed by atoms with Crippen LogP contribution in [0.2, 0.25) is 0 Å². The minimum Gasteiger partial charge on any atom is -0.496 e. The van der Waals surface area contributed by atoms with Gasteiger partial charge in [0, 0.05) is 0 Å². The molecule has 27 heavy (non-hydrogen) atoms. The maximum Gasteiger partial charge on any atom is 0.405 e. The molecule has 0 saturated carbocycles. The van der Waals surface area contributed by atoms with Gasteiger partial charge in [-0.25, -0.2) is 0 Å². The Bertz CT molecular complexity index is 657. The number of carbonyl (C=O) groups excluding carboxylic acids is 1. The summed E-state index contributed by atoms with van der Waals surface area (Å²) in [5, 5.41) is 1.86. The molecule has 1 N–H and O–H groups in total. The Morgan fingerprint density at radius 3 is 2.04 bits per heavy atom. The van der Waals surface area contributed by atoms with Crippen molar-refractivity contribution in [2.75, 3.05) is 20.8 Å². The first-order chi connectivity index (χ1) is 12.5. The van der Waals surface area contributed by atoms with Crippen LogP contribution in [-0.4, -0.2) is 32.8 Å². The van der Waals surface area contributed by atoms with Gasteiger partial charge in [0.05, 0.1) is 14.2 Å². The van der Waals surface area contributed by atoms with Gasteiger partial charge in [-0.2, -0.15) is 13.2 Å². The summed E-state index contributed by atoms with van der Waals surface area (Å²) in [6.07, 6.45) is -1.37. The van der Waals surface area contributed by atoms with Crippen LogP contribution < -0.4 is 14.8 Å². The third-order valence-electron chi connectivity index (χ3n) is 4.25. The quantitative estimate of drug-likeness (QED) is 0.677. The Kier molecular flexibility index (Phi) is 8.19. The third-order valence-corrected chi connectivity index (χ3v) is 4.25. The molecule has 1 aromatic rings. The molecule has 0 fully saturated rings. The fourth-order valence-corrected chi connectivity index (χ4v) is 2.62. The molecule has 152 valence electrons. The van der Waals surface area contributed by atoms with Crippen LogP contribution in [0.4, 0.5) is 13.2 Å². The molecular weight excluding hydrogens is 359 g/mol. The molecule has 0 aliphatic carbocycles. The molecule has 0 aromatic heterocycles. The number of hydrogen-bond donors (Lipinski definition) is 1. The zero-order valence-corrected chi connectivity index (χ0v) is 16.7. The molecule has 0 saturated heterocycles. The van der Waals surface area contributed by atoms with E-state index in [1.54, 1.807) is 12.1 Å². The number of benzene rings is 1. The van der Waals surface area contributed by atoms with E-state index >= 15 is 0 Å². The van der Waals surface area contributed by atoms with Gasteiger partial charge in [0.1, 0.15) is 23.6 Å². The standard InChI is InChI=1S/C20H28F3NO3/c1-7-13(4)8-15(12(2)3)14-9-16(26-5)18(17(10-14)27-6)19(25)24-11-20(21,22)23/h8-10,12-13H,7,11H2,1-6H3,(H,24,25)/b15-8+. The maximum absolute atomic E-state index is 12.4. The van der Waals surface area contributed by atoms with Crippen molar-refractivity contribution in [2.24, 2.45) is 11.8 Å². The Labute approximate surface area is 158 Å². The highest BCUT2D eigenvalue weighted by Crippen LogP contribution is 2.36. The van der Waals surface area contributed by atoms with Crippen LogP contribution in [0.25, 0.3) is 5.57 Å². The predicted octanol–water partition coefficient (Wildman–Crippen LogP) is 5.08. The number of halogens is 3. The lowest BCUT2D eigenvalue weighted by Crippen LogP contribution is -2.34. The van der Waals surface area contributed by atoms with Crippen molar-refractivity contribution in [1.29, 1.82) is 0 Å². The summed E-state index contributed by atoms with van der Waals surface area (Å²) in [7, 11) is 2.74. The van der Waals surface area contributed by atoms with Crippen molar-refractivity contribution in [3.63, 3.8) is 0 Å². The van der Waals surface area contributed by atoms with E-state index in [-0.39, 0.29) is 23.0 Å². The Balaban J connectivity index is 3.42. The maximum atomic E-state index is 12.4. The highest BCUT2D eigenvalue weighted by Gasteiger charge is 2.30. The predicted molar refractivity (Wildman–Crippen MR) is 100 cm³/mol. The first kappa shape index (κ1) is 22.9. The van der Waals surface area contributed by atoms with Crippen LogP contribution in [0, 0.1) is 11.8 Å². The van der Waals surface area contributed by atoms with E-state index in [0.29, 0.717) is 5.92 Å². The Hall–Kier alpha value is -2.18. The van der Waals surface area contributed by atoms with Crippen molar-refractivity contribution in [2.45, 2.75) is 40.3 Å². The first-order valence-corrected chi connectivity index (χ1v) is 8.87. The molecule has 1 unspecified atom stereocenters. The number of carbonyl (C=O) groups is 1. The summed E-state index contributed by atoms with van der Waals surface area (Å²) in [5.41, 5.74) is 1.81. The summed E-state index contributed by atoms with van der Waals surface area (Å²) >= 11 is 0. The Morgan fingerprint density at radius 1 is 1.15 bits per heavy atom. The number of ether oxygens (including phenoxy) is 2. The fourth-order valence-electron chi connectivity index (χ4n) is 2.62. The van der Waals surface area contributed by atoms with E-state index in [9.17, 15) is 18.0 Å². The summed E-state index contributed by atoms with van der Waals surface area (Å²) in [5.74, 6) is -0.00324. The molecule has 7 heteroatoms. The number of nitrogens with one attached hydrogen (secondary N) is 1. The van der Waals surface area contributed by atoms with E-state index in [0.717, 1.165) is 17.6 Å². The molecule has 0 radical (unpaired) electrons. The van der Waals surface area contributed by atoms with Gasteiger partial charge < -0.3 is 14.8 Å². The monoisotopic (exact) mass is 387 g/mol. The topological polar surface area (TPSA) is 47.6 Å². The fraction of sp³-hybridized carbons (Fsp3) is 0.550. The molecule has 0 aliphatic heterocycles. The van der Waals surface area contributed by atoms with Crippen LogP contribution in [0.15, 0.2) is 18.2 Å². The van der Waals surface area contributed by atoms with Crippen molar-refractivity contribution in [1.82, 2.24) is 5.32 Å². The van der Waals surface area contributed by atoms with Gasteiger partial charge in [-0.05, 0) is 35.1 Å². The molecule has 4 nitrogen and oxygen atoms in total. The van der Waals surface area contributed by atoms with E-state index in [1.165, 1.54) is 14.2 Å². The van der Waals surface area contributed by atoms with Gasteiger partial charge in [0.15, 0.2) is 0 Å². The lowest BCUT2D eigenvalue weighted by Gasteiger charge is -2.19. The zero-order chi connectivity index (χ0) is 20.8. The minimum absolute atomic E-state index is 0.0559. The van der Waals surface area contributed by atoms with Crippen LogP contribution in [0.3, 0.4) is 0 Å². The highest BCUT2D eigenvalue weighted by molar-refractivity contribution is 6.00. The van der Waals surface area contributed by atoms with E-state index in [2.05, 4.69) is 33.8 Å².